The van der Waals surface area contributed by atoms with E-state index in [0.29, 0.717) is 36.7 Å². The number of anilines is 1. The summed E-state index contributed by atoms with van der Waals surface area (Å²) < 4.78 is 31.3. The number of aromatic hydroxyl groups is 1. The zero-order valence-electron chi connectivity index (χ0n) is 15.4. The van der Waals surface area contributed by atoms with E-state index in [0.717, 1.165) is 42.9 Å². The van der Waals surface area contributed by atoms with Gasteiger partial charge in [-0.15, -0.1) is 10.2 Å². The van der Waals surface area contributed by atoms with Crippen LogP contribution in [0.5, 0.6) is 5.75 Å². The van der Waals surface area contributed by atoms with E-state index in [1.54, 1.807) is 0 Å². The molecule has 1 aliphatic carbocycles. The summed E-state index contributed by atoms with van der Waals surface area (Å²) in [5.41, 5.74) is 2.34. The van der Waals surface area contributed by atoms with Crippen molar-refractivity contribution in [3.05, 3.63) is 34.9 Å². The molecule has 28 heavy (non-hydrogen) atoms. The Morgan fingerprint density at radius 1 is 1.14 bits per heavy atom. The van der Waals surface area contributed by atoms with Gasteiger partial charge in [-0.1, -0.05) is 18.9 Å². The highest BCUT2D eigenvalue weighted by atomic mass is 19.3. The Labute approximate surface area is 161 Å². The van der Waals surface area contributed by atoms with Crippen molar-refractivity contribution in [1.82, 2.24) is 10.2 Å². The standard InChI is InChI=1S/C20H23F2N3O3/c21-19(22)11-5-6-13(17(27)9-11)18-12-7-8-28-10-14(12)20(25-24-18)23-15-3-1-2-4-16(15)26/h5-6,9,15-16,19,26-27H,1-4,7-8,10H2,(H,23,25)/t15-,16-/m1/s1. The minimum atomic E-state index is -2.65. The van der Waals surface area contributed by atoms with Crippen molar-refractivity contribution in [1.29, 1.82) is 0 Å². The highest BCUT2D eigenvalue weighted by molar-refractivity contribution is 5.73. The molecule has 2 heterocycles. The van der Waals surface area contributed by atoms with E-state index in [4.69, 9.17) is 4.74 Å². The maximum Gasteiger partial charge on any atom is 0.263 e. The molecule has 0 spiro atoms. The summed E-state index contributed by atoms with van der Waals surface area (Å²) in [5.74, 6) is 0.331. The number of fused-ring (bicyclic) bond motifs is 1. The molecule has 4 rings (SSSR count). The maximum absolute atomic E-state index is 12.9. The fourth-order valence-corrected chi connectivity index (χ4v) is 3.95. The Hall–Kier alpha value is -2.32. The van der Waals surface area contributed by atoms with Crippen molar-refractivity contribution >= 4 is 5.82 Å². The van der Waals surface area contributed by atoms with Gasteiger partial charge < -0.3 is 20.3 Å². The second-order valence-electron chi connectivity index (χ2n) is 7.34. The van der Waals surface area contributed by atoms with E-state index in [2.05, 4.69) is 15.5 Å². The summed E-state index contributed by atoms with van der Waals surface area (Å²) in [7, 11) is 0. The molecular weight excluding hydrogens is 368 g/mol. The van der Waals surface area contributed by atoms with Gasteiger partial charge in [-0.3, -0.25) is 0 Å². The van der Waals surface area contributed by atoms with E-state index < -0.39 is 12.5 Å². The molecule has 3 N–H and O–H groups in total. The lowest BCUT2D eigenvalue weighted by molar-refractivity contribution is 0.108. The molecule has 1 aliphatic heterocycles. The third-order valence-corrected chi connectivity index (χ3v) is 5.51. The van der Waals surface area contributed by atoms with Crippen molar-refractivity contribution < 1.29 is 23.7 Å². The van der Waals surface area contributed by atoms with Gasteiger partial charge >= 0.3 is 0 Å². The molecule has 6 nitrogen and oxygen atoms in total. The number of benzene rings is 1. The minimum Gasteiger partial charge on any atom is -0.507 e. The molecular formula is C20H23F2N3O3. The average molecular weight is 391 g/mol. The summed E-state index contributed by atoms with van der Waals surface area (Å²) in [4.78, 5) is 0. The van der Waals surface area contributed by atoms with Gasteiger partial charge in [0.25, 0.3) is 6.43 Å². The average Bonchev–Trinajstić information content (AvgIpc) is 2.70. The molecule has 0 bridgehead atoms. The number of ether oxygens (including phenoxy) is 1. The Kier molecular flexibility index (Phi) is 5.41. The molecule has 1 saturated carbocycles. The van der Waals surface area contributed by atoms with Crippen LogP contribution < -0.4 is 5.32 Å². The van der Waals surface area contributed by atoms with Crippen LogP contribution in [0.3, 0.4) is 0 Å². The summed E-state index contributed by atoms with van der Waals surface area (Å²) in [6, 6.07) is 3.73. The van der Waals surface area contributed by atoms with Crippen LogP contribution in [-0.2, 0) is 17.8 Å². The predicted molar refractivity (Wildman–Crippen MR) is 99.3 cm³/mol. The number of alkyl halides is 2. The first-order valence-electron chi connectivity index (χ1n) is 9.57. The number of phenols is 1. The van der Waals surface area contributed by atoms with Crippen LogP contribution in [0.1, 0.15) is 48.8 Å². The largest absolute Gasteiger partial charge is 0.507 e. The zero-order valence-corrected chi connectivity index (χ0v) is 15.4. The zero-order chi connectivity index (χ0) is 19.7. The lowest BCUT2D eigenvalue weighted by Gasteiger charge is -2.30. The highest BCUT2D eigenvalue weighted by Gasteiger charge is 2.27. The van der Waals surface area contributed by atoms with Crippen LogP contribution in [0.4, 0.5) is 14.6 Å². The number of nitrogens with one attached hydrogen (secondary N) is 1. The van der Waals surface area contributed by atoms with Crippen molar-refractivity contribution in [2.75, 3.05) is 11.9 Å². The third-order valence-electron chi connectivity index (χ3n) is 5.51. The van der Waals surface area contributed by atoms with Gasteiger partial charge in [0.15, 0.2) is 5.82 Å². The van der Waals surface area contributed by atoms with E-state index in [1.807, 2.05) is 0 Å². The van der Waals surface area contributed by atoms with Crippen LogP contribution in [-0.4, -0.2) is 39.2 Å². The molecule has 0 saturated heterocycles. The summed E-state index contributed by atoms with van der Waals surface area (Å²) in [6.45, 7) is 0.853. The normalized spacial score (nSPS) is 22.1. The number of phenolic OH excluding ortho intramolecular Hbond substituents is 1. The summed E-state index contributed by atoms with van der Waals surface area (Å²) in [6.07, 6.45) is 1.17. The second-order valence-corrected chi connectivity index (χ2v) is 7.34. The fraction of sp³-hybridized carbons (Fsp3) is 0.500. The van der Waals surface area contributed by atoms with E-state index in [9.17, 15) is 19.0 Å². The summed E-state index contributed by atoms with van der Waals surface area (Å²) in [5, 5.41) is 32.4. The van der Waals surface area contributed by atoms with Gasteiger partial charge in [-0.05, 0) is 37.0 Å². The molecule has 0 amide bonds. The monoisotopic (exact) mass is 391 g/mol. The second kappa shape index (κ2) is 7.97. The molecule has 1 aromatic heterocycles. The molecule has 2 aliphatic rings. The topological polar surface area (TPSA) is 87.5 Å². The summed E-state index contributed by atoms with van der Waals surface area (Å²) >= 11 is 0. The molecule has 2 aromatic rings. The molecule has 1 fully saturated rings. The van der Waals surface area contributed by atoms with Crippen molar-refractivity contribution in [3.63, 3.8) is 0 Å². The number of aromatic nitrogens is 2. The minimum absolute atomic E-state index is 0.0846. The van der Waals surface area contributed by atoms with Crippen LogP contribution >= 0.6 is 0 Å². The van der Waals surface area contributed by atoms with Gasteiger partial charge in [-0.2, -0.15) is 0 Å². The van der Waals surface area contributed by atoms with Gasteiger partial charge in [0.05, 0.1) is 25.4 Å². The van der Waals surface area contributed by atoms with E-state index in [-0.39, 0.29) is 17.4 Å². The first kappa shape index (κ1) is 19.0. The Bertz CT molecular complexity index is 863. The quantitative estimate of drug-likeness (QED) is 0.739. The van der Waals surface area contributed by atoms with Crippen LogP contribution in [0.15, 0.2) is 18.2 Å². The molecule has 150 valence electrons. The van der Waals surface area contributed by atoms with E-state index in [1.165, 1.54) is 12.1 Å². The molecule has 8 heteroatoms. The van der Waals surface area contributed by atoms with E-state index >= 15 is 0 Å². The van der Waals surface area contributed by atoms with Crippen LogP contribution in [0.25, 0.3) is 11.3 Å². The van der Waals surface area contributed by atoms with Crippen molar-refractivity contribution in [2.24, 2.45) is 0 Å². The Balaban J connectivity index is 1.70. The molecule has 2 atom stereocenters. The van der Waals surface area contributed by atoms with Gasteiger partial charge in [-0.25, -0.2) is 8.78 Å². The van der Waals surface area contributed by atoms with Crippen molar-refractivity contribution in [3.8, 4) is 17.0 Å². The lowest BCUT2D eigenvalue weighted by Crippen LogP contribution is -2.37. The van der Waals surface area contributed by atoms with Crippen molar-refractivity contribution in [2.45, 2.75) is 57.3 Å². The molecule has 0 radical (unpaired) electrons. The third kappa shape index (κ3) is 3.66. The Morgan fingerprint density at radius 2 is 1.96 bits per heavy atom. The number of hydrogen-bond acceptors (Lipinski definition) is 6. The number of nitrogens with zero attached hydrogens (tertiary/aromatic N) is 2. The number of hydrogen-bond donors (Lipinski definition) is 3. The Morgan fingerprint density at radius 3 is 2.71 bits per heavy atom. The lowest BCUT2D eigenvalue weighted by atomic mass is 9.92. The van der Waals surface area contributed by atoms with Gasteiger partial charge in [0, 0.05) is 16.7 Å². The number of aliphatic hydroxyl groups is 1. The van der Waals surface area contributed by atoms with Crippen LogP contribution in [0, 0.1) is 0 Å². The predicted octanol–water partition coefficient (Wildman–Crippen LogP) is 3.57. The molecule has 0 unspecified atom stereocenters. The SMILES string of the molecule is Oc1cc(C(F)F)ccc1-c1nnc(N[C@@H]2CCCC[C@H]2O)c2c1CCOC2. The number of halogens is 2. The number of aliphatic hydroxyl groups excluding tert-OH is 1. The fourth-order valence-electron chi connectivity index (χ4n) is 3.95. The maximum atomic E-state index is 12.9. The molecule has 1 aromatic carbocycles. The van der Waals surface area contributed by atoms with Gasteiger partial charge in [0.1, 0.15) is 11.4 Å². The number of rotatable bonds is 4. The van der Waals surface area contributed by atoms with Gasteiger partial charge in [0.2, 0.25) is 0 Å². The first-order valence-corrected chi connectivity index (χ1v) is 9.57. The first-order chi connectivity index (χ1) is 13.5. The smallest absolute Gasteiger partial charge is 0.263 e. The van der Waals surface area contributed by atoms with Crippen LogP contribution in [0.2, 0.25) is 0 Å². The highest BCUT2D eigenvalue weighted by Crippen LogP contribution is 2.37.